The van der Waals surface area contributed by atoms with Crippen LogP contribution in [0.4, 0.5) is 0 Å². The van der Waals surface area contributed by atoms with Gasteiger partial charge in [0.25, 0.3) is 0 Å². The molecule has 5 nitrogen and oxygen atoms in total. The number of phenolic OH excluding ortho intramolecular Hbond substituents is 1. The van der Waals surface area contributed by atoms with Crippen molar-refractivity contribution in [3.63, 3.8) is 0 Å². The largest absolute Gasteiger partial charge is 0.507 e. The summed E-state index contributed by atoms with van der Waals surface area (Å²) in [4.78, 5) is 9.98. The van der Waals surface area contributed by atoms with E-state index in [0.29, 0.717) is 17.0 Å². The lowest BCUT2D eigenvalue weighted by Crippen LogP contribution is -1.97. The molecule has 0 unspecified atom stereocenters. The van der Waals surface area contributed by atoms with E-state index < -0.39 is 0 Å². The molecule has 0 atom stereocenters. The van der Waals surface area contributed by atoms with Gasteiger partial charge in [-0.15, -0.1) is 0 Å². The first kappa shape index (κ1) is 26.9. The van der Waals surface area contributed by atoms with Crippen LogP contribution < -0.4 is 0 Å². The highest BCUT2D eigenvalue weighted by atomic mass is 16.3. The van der Waals surface area contributed by atoms with E-state index in [1.54, 1.807) is 6.07 Å². The SMILES string of the molecule is Oc1cc2c(cc1-c1nc3c(-c4cc(-c5ccccc5)cc(-c5ccccn5)c4)cccc3n1-c1ccccc1)oc1ccccc12. The van der Waals surface area contributed by atoms with Crippen molar-refractivity contribution in [2.24, 2.45) is 0 Å². The lowest BCUT2D eigenvalue weighted by molar-refractivity contribution is 0.477. The molecule has 222 valence electrons. The molecule has 9 rings (SSSR count). The number of fused-ring (bicyclic) bond motifs is 4. The van der Waals surface area contributed by atoms with Gasteiger partial charge in [0.05, 0.1) is 22.3 Å². The molecule has 1 N–H and O–H groups in total. The summed E-state index contributed by atoms with van der Waals surface area (Å²) in [7, 11) is 0. The number of pyridine rings is 1. The Labute approximate surface area is 270 Å². The Morgan fingerprint density at radius 3 is 2.11 bits per heavy atom. The van der Waals surface area contributed by atoms with Crippen LogP contribution in [-0.4, -0.2) is 19.6 Å². The molecule has 3 heterocycles. The molecule has 0 radical (unpaired) electrons. The first-order chi connectivity index (χ1) is 23.2. The molecule has 0 bridgehead atoms. The monoisotopic (exact) mass is 605 g/mol. The van der Waals surface area contributed by atoms with E-state index in [-0.39, 0.29) is 5.75 Å². The minimum atomic E-state index is 0.140. The normalized spacial score (nSPS) is 11.5. The summed E-state index contributed by atoms with van der Waals surface area (Å²) in [5.74, 6) is 0.768. The second-order valence-corrected chi connectivity index (χ2v) is 11.6. The maximum Gasteiger partial charge on any atom is 0.149 e. The predicted molar refractivity (Wildman–Crippen MR) is 190 cm³/mol. The Balaban J connectivity index is 1.31. The lowest BCUT2D eigenvalue weighted by atomic mass is 9.94. The zero-order chi connectivity index (χ0) is 31.3. The van der Waals surface area contributed by atoms with E-state index in [1.807, 2.05) is 79.0 Å². The van der Waals surface area contributed by atoms with Crippen LogP contribution in [0.2, 0.25) is 0 Å². The Morgan fingerprint density at radius 2 is 1.28 bits per heavy atom. The molecule has 0 aliphatic heterocycles. The van der Waals surface area contributed by atoms with Crippen molar-refractivity contribution in [1.82, 2.24) is 14.5 Å². The van der Waals surface area contributed by atoms with Gasteiger partial charge in [-0.05, 0) is 83.4 Å². The number of para-hydroxylation sites is 3. The van der Waals surface area contributed by atoms with Crippen molar-refractivity contribution >= 4 is 33.0 Å². The number of furan rings is 1. The summed E-state index contributed by atoms with van der Waals surface area (Å²) in [6.07, 6.45) is 1.82. The van der Waals surface area contributed by atoms with Crippen LogP contribution >= 0.6 is 0 Å². The Kier molecular flexibility index (Phi) is 6.22. The third-order valence-electron chi connectivity index (χ3n) is 8.75. The van der Waals surface area contributed by atoms with E-state index in [1.165, 1.54) is 0 Å². The smallest absolute Gasteiger partial charge is 0.149 e. The number of rotatable bonds is 5. The second-order valence-electron chi connectivity index (χ2n) is 11.6. The zero-order valence-electron chi connectivity index (χ0n) is 25.2. The summed E-state index contributed by atoms with van der Waals surface area (Å²) in [6.45, 7) is 0. The summed E-state index contributed by atoms with van der Waals surface area (Å²) < 4.78 is 8.35. The average Bonchev–Trinajstić information content (AvgIpc) is 3.70. The van der Waals surface area contributed by atoms with E-state index in [9.17, 15) is 5.11 Å². The number of nitrogens with zero attached hydrogens (tertiary/aromatic N) is 3. The van der Waals surface area contributed by atoms with Crippen molar-refractivity contribution in [2.45, 2.75) is 0 Å². The van der Waals surface area contributed by atoms with Gasteiger partial charge < -0.3 is 9.52 Å². The molecule has 5 heteroatoms. The van der Waals surface area contributed by atoms with Gasteiger partial charge in [0.2, 0.25) is 0 Å². The maximum atomic E-state index is 11.5. The Morgan fingerprint density at radius 1 is 0.532 bits per heavy atom. The van der Waals surface area contributed by atoms with Crippen molar-refractivity contribution in [1.29, 1.82) is 0 Å². The van der Waals surface area contributed by atoms with E-state index in [2.05, 4.69) is 82.3 Å². The van der Waals surface area contributed by atoms with Crippen LogP contribution in [0.5, 0.6) is 5.75 Å². The highest BCUT2D eigenvalue weighted by Crippen LogP contribution is 2.42. The van der Waals surface area contributed by atoms with Gasteiger partial charge >= 0.3 is 0 Å². The highest BCUT2D eigenvalue weighted by molar-refractivity contribution is 6.07. The van der Waals surface area contributed by atoms with Crippen molar-refractivity contribution in [3.05, 3.63) is 158 Å². The molecule has 6 aromatic carbocycles. The van der Waals surface area contributed by atoms with Gasteiger partial charge in [0.15, 0.2) is 0 Å². The number of benzene rings is 6. The Hall–Kier alpha value is -6.46. The number of aromatic nitrogens is 3. The van der Waals surface area contributed by atoms with Crippen LogP contribution in [0.3, 0.4) is 0 Å². The fourth-order valence-electron chi connectivity index (χ4n) is 6.55. The van der Waals surface area contributed by atoms with Crippen LogP contribution in [0.1, 0.15) is 0 Å². The Bertz CT molecular complexity index is 2510. The average molecular weight is 606 g/mol. The molecule has 9 aromatic rings. The van der Waals surface area contributed by atoms with Crippen LogP contribution in [-0.2, 0) is 0 Å². The molecule has 0 amide bonds. The molecule has 0 saturated carbocycles. The van der Waals surface area contributed by atoms with E-state index in [0.717, 1.165) is 66.6 Å². The summed E-state index contributed by atoms with van der Waals surface area (Å²) in [6, 6.07) is 51.0. The second kappa shape index (κ2) is 10.9. The van der Waals surface area contributed by atoms with Gasteiger partial charge in [0.1, 0.15) is 22.7 Å². The van der Waals surface area contributed by atoms with Gasteiger partial charge in [-0.2, -0.15) is 0 Å². The van der Waals surface area contributed by atoms with Gasteiger partial charge in [-0.25, -0.2) is 4.98 Å². The number of hydrogen-bond acceptors (Lipinski definition) is 4. The number of imidazole rings is 1. The fourth-order valence-corrected chi connectivity index (χ4v) is 6.55. The molecule has 0 fully saturated rings. The van der Waals surface area contributed by atoms with Gasteiger partial charge in [-0.1, -0.05) is 84.9 Å². The summed E-state index contributed by atoms with van der Waals surface area (Å²) >= 11 is 0. The van der Waals surface area contributed by atoms with E-state index >= 15 is 0 Å². The summed E-state index contributed by atoms with van der Waals surface area (Å²) in [5.41, 5.74) is 10.9. The standard InChI is InChI=1S/C42H27N3O2/c46-38-25-34-33-16-7-8-20-39(33)47-40(34)26-35(38)42-44-41-32(17-11-19-37(41)45(42)31-14-5-2-6-15-31)29-22-28(27-12-3-1-4-13-27)23-30(24-29)36-18-9-10-21-43-36/h1-26,46H. The number of phenols is 1. The molecule has 0 saturated heterocycles. The molecule has 0 aliphatic carbocycles. The maximum absolute atomic E-state index is 11.5. The fraction of sp³-hybridized carbons (Fsp3) is 0. The topological polar surface area (TPSA) is 64.1 Å². The minimum absolute atomic E-state index is 0.140. The zero-order valence-corrected chi connectivity index (χ0v) is 25.2. The third kappa shape index (κ3) is 4.56. The van der Waals surface area contributed by atoms with E-state index in [4.69, 9.17) is 9.40 Å². The molecular weight excluding hydrogens is 578 g/mol. The summed E-state index contributed by atoms with van der Waals surface area (Å²) in [5, 5.41) is 13.4. The van der Waals surface area contributed by atoms with Gasteiger partial charge in [0, 0.05) is 33.8 Å². The van der Waals surface area contributed by atoms with Crippen molar-refractivity contribution < 1.29 is 9.52 Å². The van der Waals surface area contributed by atoms with Crippen LogP contribution in [0.25, 0.3) is 83.6 Å². The predicted octanol–water partition coefficient (Wildman–Crippen LogP) is 10.7. The molecule has 3 aromatic heterocycles. The third-order valence-corrected chi connectivity index (χ3v) is 8.75. The van der Waals surface area contributed by atoms with Crippen LogP contribution in [0.15, 0.2) is 162 Å². The van der Waals surface area contributed by atoms with Crippen molar-refractivity contribution in [3.8, 4) is 56.3 Å². The number of hydrogen-bond donors (Lipinski definition) is 1. The van der Waals surface area contributed by atoms with Crippen LogP contribution in [0, 0.1) is 0 Å². The lowest BCUT2D eigenvalue weighted by Gasteiger charge is -2.12. The molecular formula is C42H27N3O2. The van der Waals surface area contributed by atoms with Crippen molar-refractivity contribution in [2.75, 3.05) is 0 Å². The number of aromatic hydroxyl groups is 1. The first-order valence-corrected chi connectivity index (χ1v) is 15.5. The molecule has 0 spiro atoms. The highest BCUT2D eigenvalue weighted by Gasteiger charge is 2.22. The first-order valence-electron chi connectivity index (χ1n) is 15.5. The minimum Gasteiger partial charge on any atom is -0.507 e. The molecule has 47 heavy (non-hydrogen) atoms. The van der Waals surface area contributed by atoms with Gasteiger partial charge in [-0.3, -0.25) is 9.55 Å². The molecule has 0 aliphatic rings. The quantitative estimate of drug-likeness (QED) is 0.212.